The van der Waals surface area contributed by atoms with Crippen molar-refractivity contribution in [2.75, 3.05) is 11.9 Å². The number of hydrogen-bond donors (Lipinski definition) is 1. The Labute approximate surface area is 156 Å². The van der Waals surface area contributed by atoms with E-state index < -0.39 is 51.2 Å². The first-order valence-corrected chi connectivity index (χ1v) is 7.90. The molecule has 0 aromatic heterocycles. The number of Topliss-reactive ketones (excluding diaryl/α,β-unsaturated/α-hetero) is 1. The molecule has 0 aliphatic heterocycles. The van der Waals surface area contributed by atoms with E-state index in [-0.39, 0.29) is 12.3 Å². The van der Waals surface area contributed by atoms with Gasteiger partial charge < -0.3 is 10.1 Å². The Morgan fingerprint density at radius 1 is 1.07 bits per heavy atom. The quantitative estimate of drug-likeness (QED) is 0.146. The van der Waals surface area contributed by atoms with Crippen molar-refractivity contribution in [1.82, 2.24) is 0 Å². The molecule has 0 heterocycles. The van der Waals surface area contributed by atoms with Crippen LogP contribution in [0.5, 0.6) is 0 Å². The van der Waals surface area contributed by atoms with Gasteiger partial charge in [-0.15, -0.1) is 0 Å². The Morgan fingerprint density at radius 2 is 1.74 bits per heavy atom. The van der Waals surface area contributed by atoms with Gasteiger partial charge in [-0.1, -0.05) is 11.6 Å². The van der Waals surface area contributed by atoms with Gasteiger partial charge in [0.2, 0.25) is 5.78 Å². The first-order valence-electron chi connectivity index (χ1n) is 7.52. The van der Waals surface area contributed by atoms with Gasteiger partial charge in [-0.25, -0.2) is 22.4 Å². The first kappa shape index (κ1) is 20.4. The summed E-state index contributed by atoms with van der Waals surface area (Å²) in [5.74, 6) is -6.59. The standard InChI is InChI=1S/C18H12ClF4NO3/c1-2-27-18(26)11(8-24-16-4-3-9(20)5-15(16)23)17(25)10-6-13(21)14(22)7-12(10)19/h3-8,24H,2H2,1H3. The molecule has 0 unspecified atom stereocenters. The van der Waals surface area contributed by atoms with Gasteiger partial charge in [0.15, 0.2) is 11.6 Å². The minimum Gasteiger partial charge on any atom is -0.462 e. The zero-order chi connectivity index (χ0) is 20.1. The number of carbonyl (C=O) groups is 2. The summed E-state index contributed by atoms with van der Waals surface area (Å²) >= 11 is 5.75. The maximum absolute atomic E-state index is 13.7. The molecule has 4 nitrogen and oxygen atoms in total. The molecule has 0 amide bonds. The summed E-state index contributed by atoms with van der Waals surface area (Å²) < 4.78 is 58.0. The van der Waals surface area contributed by atoms with Gasteiger partial charge in [0, 0.05) is 17.8 Å². The van der Waals surface area contributed by atoms with Gasteiger partial charge in [-0.05, 0) is 31.2 Å². The predicted molar refractivity (Wildman–Crippen MR) is 90.4 cm³/mol. The van der Waals surface area contributed by atoms with Crippen molar-refractivity contribution in [3.63, 3.8) is 0 Å². The molecule has 2 rings (SSSR count). The van der Waals surface area contributed by atoms with E-state index in [2.05, 4.69) is 5.32 Å². The average Bonchev–Trinajstić information content (AvgIpc) is 2.60. The minimum atomic E-state index is -1.34. The van der Waals surface area contributed by atoms with Gasteiger partial charge in [0.25, 0.3) is 0 Å². The summed E-state index contributed by atoms with van der Waals surface area (Å²) in [5, 5.41) is 1.91. The highest BCUT2D eigenvalue weighted by Crippen LogP contribution is 2.24. The van der Waals surface area contributed by atoms with Crippen molar-refractivity contribution in [2.24, 2.45) is 0 Å². The lowest BCUT2D eigenvalue weighted by Gasteiger charge is -2.10. The normalized spacial score (nSPS) is 11.3. The van der Waals surface area contributed by atoms with Crippen LogP contribution in [0.2, 0.25) is 5.02 Å². The summed E-state index contributed by atoms with van der Waals surface area (Å²) in [6, 6.07) is 3.70. The Bertz CT molecular complexity index is 931. The molecule has 0 bridgehead atoms. The zero-order valence-electron chi connectivity index (χ0n) is 13.8. The smallest absolute Gasteiger partial charge is 0.343 e. The van der Waals surface area contributed by atoms with Crippen LogP contribution < -0.4 is 5.32 Å². The van der Waals surface area contributed by atoms with Crippen molar-refractivity contribution in [2.45, 2.75) is 6.92 Å². The maximum atomic E-state index is 13.7. The number of halogens is 5. The van der Waals surface area contributed by atoms with Crippen LogP contribution in [0.4, 0.5) is 23.2 Å². The molecule has 0 fully saturated rings. The van der Waals surface area contributed by atoms with Crippen molar-refractivity contribution in [1.29, 1.82) is 0 Å². The van der Waals surface area contributed by atoms with Crippen LogP contribution >= 0.6 is 11.6 Å². The number of carbonyl (C=O) groups excluding carboxylic acids is 2. The van der Waals surface area contributed by atoms with Gasteiger partial charge in [-0.2, -0.15) is 0 Å². The molecule has 0 radical (unpaired) electrons. The first-order chi connectivity index (χ1) is 12.7. The lowest BCUT2D eigenvalue weighted by atomic mass is 10.0. The third kappa shape index (κ3) is 4.85. The van der Waals surface area contributed by atoms with E-state index in [1.165, 1.54) is 6.92 Å². The third-order valence-electron chi connectivity index (χ3n) is 3.30. The summed E-state index contributed by atoms with van der Waals surface area (Å²) in [6.45, 7) is 1.40. The van der Waals surface area contributed by atoms with Crippen LogP contribution in [0.25, 0.3) is 0 Å². The largest absolute Gasteiger partial charge is 0.462 e. The average molecular weight is 402 g/mol. The molecule has 1 N–H and O–H groups in total. The SMILES string of the molecule is CCOC(=O)C(=CNc1ccc(F)cc1F)C(=O)c1cc(F)c(F)cc1Cl. The number of esters is 1. The van der Waals surface area contributed by atoms with E-state index in [0.717, 1.165) is 18.3 Å². The fourth-order valence-electron chi connectivity index (χ4n) is 2.02. The lowest BCUT2D eigenvalue weighted by molar-refractivity contribution is -0.138. The monoisotopic (exact) mass is 401 g/mol. The molecular weight excluding hydrogens is 390 g/mol. The molecule has 0 spiro atoms. The number of benzene rings is 2. The van der Waals surface area contributed by atoms with E-state index in [0.29, 0.717) is 18.2 Å². The van der Waals surface area contributed by atoms with Crippen LogP contribution in [0, 0.1) is 23.3 Å². The second kappa shape index (κ2) is 8.68. The van der Waals surface area contributed by atoms with Gasteiger partial charge >= 0.3 is 5.97 Å². The molecule has 0 aliphatic rings. The van der Waals surface area contributed by atoms with Gasteiger partial charge in [0.05, 0.1) is 17.3 Å². The van der Waals surface area contributed by atoms with Gasteiger partial charge in [-0.3, -0.25) is 4.79 Å². The summed E-state index contributed by atoms with van der Waals surface area (Å²) in [5.41, 5.74) is -1.37. The van der Waals surface area contributed by atoms with E-state index in [1.807, 2.05) is 0 Å². The molecule has 2 aromatic carbocycles. The second-order valence-electron chi connectivity index (χ2n) is 5.12. The Balaban J connectivity index is 2.43. The number of hydrogen-bond acceptors (Lipinski definition) is 4. The molecule has 0 atom stereocenters. The molecule has 27 heavy (non-hydrogen) atoms. The molecule has 9 heteroatoms. The molecular formula is C18H12ClF4NO3. The fourth-order valence-corrected chi connectivity index (χ4v) is 2.26. The highest BCUT2D eigenvalue weighted by Gasteiger charge is 2.25. The summed E-state index contributed by atoms with van der Waals surface area (Å²) in [7, 11) is 0. The Kier molecular flexibility index (Phi) is 6.57. The van der Waals surface area contributed by atoms with E-state index >= 15 is 0 Å². The molecule has 0 saturated heterocycles. The predicted octanol–water partition coefficient (Wildman–Crippen LogP) is 4.64. The molecule has 0 saturated carbocycles. The van der Waals surface area contributed by atoms with Crippen LogP contribution in [0.3, 0.4) is 0 Å². The number of rotatable bonds is 6. The van der Waals surface area contributed by atoms with E-state index in [4.69, 9.17) is 16.3 Å². The Morgan fingerprint density at radius 3 is 2.37 bits per heavy atom. The van der Waals surface area contributed by atoms with Crippen molar-refractivity contribution in [3.05, 3.63) is 76.0 Å². The van der Waals surface area contributed by atoms with Crippen molar-refractivity contribution in [3.8, 4) is 0 Å². The lowest BCUT2D eigenvalue weighted by Crippen LogP contribution is -2.18. The zero-order valence-corrected chi connectivity index (χ0v) is 14.5. The molecule has 2 aromatic rings. The third-order valence-corrected chi connectivity index (χ3v) is 3.61. The summed E-state index contributed by atoms with van der Waals surface area (Å²) in [6.07, 6.45) is 0.814. The molecule has 0 aliphatic carbocycles. The maximum Gasteiger partial charge on any atom is 0.343 e. The van der Waals surface area contributed by atoms with Gasteiger partial charge in [0.1, 0.15) is 17.2 Å². The van der Waals surface area contributed by atoms with Crippen molar-refractivity contribution >= 4 is 29.0 Å². The number of ether oxygens (including phenoxy) is 1. The van der Waals surface area contributed by atoms with Crippen molar-refractivity contribution < 1.29 is 31.9 Å². The van der Waals surface area contributed by atoms with Crippen LogP contribution in [-0.2, 0) is 9.53 Å². The summed E-state index contributed by atoms with van der Waals surface area (Å²) in [4.78, 5) is 24.6. The molecule has 142 valence electrons. The minimum absolute atomic E-state index is 0.0835. The van der Waals surface area contributed by atoms with Crippen LogP contribution in [-0.4, -0.2) is 18.4 Å². The topological polar surface area (TPSA) is 55.4 Å². The Hall–Kier alpha value is -2.87. The number of ketones is 1. The second-order valence-corrected chi connectivity index (χ2v) is 5.53. The fraction of sp³-hybridized carbons (Fsp3) is 0.111. The van der Waals surface area contributed by atoms with Crippen LogP contribution in [0.15, 0.2) is 42.1 Å². The van der Waals surface area contributed by atoms with E-state index in [9.17, 15) is 27.2 Å². The highest BCUT2D eigenvalue weighted by atomic mass is 35.5. The highest BCUT2D eigenvalue weighted by molar-refractivity contribution is 6.37. The van der Waals surface area contributed by atoms with E-state index in [1.54, 1.807) is 0 Å². The van der Waals surface area contributed by atoms with Crippen LogP contribution in [0.1, 0.15) is 17.3 Å². The number of anilines is 1. The number of nitrogens with one attached hydrogen (secondary N) is 1.